The van der Waals surface area contributed by atoms with E-state index in [9.17, 15) is 5.11 Å². The molecule has 0 bridgehead atoms. The lowest BCUT2D eigenvalue weighted by Gasteiger charge is -2.41. The van der Waals surface area contributed by atoms with Crippen LogP contribution in [-0.2, 0) is 18.4 Å². The predicted molar refractivity (Wildman–Crippen MR) is 101 cm³/mol. The van der Waals surface area contributed by atoms with Crippen molar-refractivity contribution in [2.75, 3.05) is 20.1 Å². The number of nitrogens with zero attached hydrogens (tertiary/aromatic N) is 2. The maximum absolute atomic E-state index is 12.1. The lowest BCUT2D eigenvalue weighted by Crippen LogP contribution is -2.44. The van der Waals surface area contributed by atoms with Crippen LogP contribution in [0.15, 0.2) is 30.5 Å². The van der Waals surface area contributed by atoms with Crippen molar-refractivity contribution < 1.29 is 5.11 Å². The van der Waals surface area contributed by atoms with Gasteiger partial charge in [-0.2, -0.15) is 0 Å². The van der Waals surface area contributed by atoms with Gasteiger partial charge in [0.2, 0.25) is 0 Å². The lowest BCUT2D eigenvalue weighted by molar-refractivity contribution is -0.0148. The van der Waals surface area contributed by atoms with Crippen molar-refractivity contribution >= 4 is 11.6 Å². The Morgan fingerprint density at radius 2 is 2.00 bits per heavy atom. The summed E-state index contributed by atoms with van der Waals surface area (Å²) >= 11 is 6.54. The molecule has 3 nitrogen and oxygen atoms in total. The van der Waals surface area contributed by atoms with Crippen LogP contribution in [0.25, 0.3) is 0 Å². The monoisotopic (exact) mass is 356 g/mol. The Balaban J connectivity index is 1.93. The molecule has 2 aromatic rings. The first kappa shape index (κ1) is 17.0. The Hall–Kier alpha value is -1.42. The van der Waals surface area contributed by atoms with Gasteiger partial charge in [0.15, 0.2) is 0 Å². The summed E-state index contributed by atoms with van der Waals surface area (Å²) in [6.07, 6.45) is 5.54. The maximum atomic E-state index is 12.1. The van der Waals surface area contributed by atoms with E-state index in [0.29, 0.717) is 0 Å². The highest BCUT2D eigenvalue weighted by Crippen LogP contribution is 2.46. The van der Waals surface area contributed by atoms with Gasteiger partial charge in [-0.3, -0.25) is 4.98 Å². The number of benzene rings is 1. The summed E-state index contributed by atoms with van der Waals surface area (Å²) in [4.78, 5) is 7.08. The Bertz CT molecular complexity index is 798. The van der Waals surface area contributed by atoms with E-state index in [-0.39, 0.29) is 5.92 Å². The van der Waals surface area contributed by atoms with E-state index in [1.807, 2.05) is 18.3 Å². The van der Waals surface area contributed by atoms with E-state index < -0.39 is 5.60 Å². The zero-order chi connectivity index (χ0) is 17.6. The average molecular weight is 357 g/mol. The second-order valence-electron chi connectivity index (χ2n) is 7.63. The number of aliphatic hydroxyl groups is 1. The molecule has 1 aliphatic carbocycles. The number of likely N-dealkylation sites (tertiary alicyclic amines) is 1. The molecule has 4 heteroatoms. The third kappa shape index (κ3) is 2.79. The van der Waals surface area contributed by atoms with Gasteiger partial charge in [0.25, 0.3) is 0 Å². The molecule has 1 aliphatic heterocycles. The number of aromatic nitrogens is 1. The van der Waals surface area contributed by atoms with E-state index in [1.54, 1.807) is 0 Å². The quantitative estimate of drug-likeness (QED) is 0.846. The van der Waals surface area contributed by atoms with Gasteiger partial charge in [0.05, 0.1) is 5.69 Å². The van der Waals surface area contributed by atoms with Crippen LogP contribution in [-0.4, -0.2) is 35.1 Å². The smallest absolute Gasteiger partial charge is 0.135 e. The van der Waals surface area contributed by atoms with Crippen LogP contribution in [0.3, 0.4) is 0 Å². The minimum absolute atomic E-state index is 0.160. The number of pyridine rings is 1. The highest BCUT2D eigenvalue weighted by molar-refractivity contribution is 6.31. The predicted octanol–water partition coefficient (Wildman–Crippen LogP) is 3.72. The number of fused-ring (bicyclic) bond motifs is 2. The first-order chi connectivity index (χ1) is 12.0. The highest BCUT2D eigenvalue weighted by atomic mass is 35.5. The van der Waals surface area contributed by atoms with Crippen molar-refractivity contribution in [2.45, 2.75) is 38.2 Å². The van der Waals surface area contributed by atoms with Crippen molar-refractivity contribution in [3.05, 3.63) is 63.4 Å². The fourth-order valence-electron chi connectivity index (χ4n) is 4.56. The summed E-state index contributed by atoms with van der Waals surface area (Å²) in [6, 6.07) is 8.13. The van der Waals surface area contributed by atoms with Crippen molar-refractivity contribution in [3.8, 4) is 0 Å². The van der Waals surface area contributed by atoms with Crippen LogP contribution in [0.5, 0.6) is 0 Å². The summed E-state index contributed by atoms with van der Waals surface area (Å²) < 4.78 is 0. The minimum atomic E-state index is -1.05. The standard InChI is InChI=1S/C21H25ClN2O/c1-14-12-15-6-7-17-18(4-3-5-19(17)22)21(25,20(15)23-13-14)16-8-10-24(2)11-9-16/h3-5,12-13,16,25H,6-11H2,1-2H3. The molecule has 132 valence electrons. The van der Waals surface area contributed by atoms with Crippen LogP contribution in [0.2, 0.25) is 5.02 Å². The average Bonchev–Trinajstić information content (AvgIpc) is 2.72. The summed E-state index contributed by atoms with van der Waals surface area (Å²) in [5, 5.41) is 12.9. The zero-order valence-electron chi connectivity index (χ0n) is 14.9. The molecule has 2 aliphatic rings. The van der Waals surface area contributed by atoms with Crippen LogP contribution in [0.1, 0.15) is 40.8 Å². The molecule has 1 unspecified atom stereocenters. The van der Waals surface area contributed by atoms with Gasteiger partial charge in [-0.1, -0.05) is 29.8 Å². The fraction of sp³-hybridized carbons (Fsp3) is 0.476. The minimum Gasteiger partial charge on any atom is -0.378 e. The molecular weight excluding hydrogens is 332 g/mol. The van der Waals surface area contributed by atoms with Gasteiger partial charge in [0.1, 0.15) is 5.60 Å². The number of aryl methyl sites for hydroxylation is 2. The molecule has 0 spiro atoms. The Morgan fingerprint density at radius 3 is 2.76 bits per heavy atom. The first-order valence-corrected chi connectivity index (χ1v) is 9.52. The molecule has 1 N–H and O–H groups in total. The summed E-state index contributed by atoms with van der Waals surface area (Å²) in [7, 11) is 2.15. The second kappa shape index (κ2) is 6.39. The first-order valence-electron chi connectivity index (χ1n) is 9.15. The Labute approximate surface area is 154 Å². The SMILES string of the molecule is Cc1cnc2c(c1)CCc1c(Cl)cccc1C2(O)C1CCN(C)CC1. The molecule has 0 amide bonds. The van der Waals surface area contributed by atoms with E-state index in [2.05, 4.69) is 31.0 Å². The van der Waals surface area contributed by atoms with Crippen molar-refractivity contribution in [1.29, 1.82) is 0 Å². The molecule has 4 rings (SSSR count). The zero-order valence-corrected chi connectivity index (χ0v) is 15.7. The molecular formula is C21H25ClN2O. The van der Waals surface area contributed by atoms with Gasteiger partial charge in [0, 0.05) is 17.1 Å². The van der Waals surface area contributed by atoms with Gasteiger partial charge in [-0.05, 0) is 81.1 Å². The number of hydrogen-bond donors (Lipinski definition) is 1. The van der Waals surface area contributed by atoms with E-state index >= 15 is 0 Å². The number of halogens is 1. The molecule has 1 fully saturated rings. The fourth-order valence-corrected chi connectivity index (χ4v) is 4.83. The Kier molecular flexibility index (Phi) is 4.35. The van der Waals surface area contributed by atoms with E-state index in [1.165, 1.54) is 0 Å². The molecule has 1 aromatic heterocycles. The molecule has 2 heterocycles. The molecule has 25 heavy (non-hydrogen) atoms. The number of piperidine rings is 1. The van der Waals surface area contributed by atoms with Crippen molar-refractivity contribution in [1.82, 2.24) is 9.88 Å². The lowest BCUT2D eigenvalue weighted by atomic mass is 9.72. The summed E-state index contributed by atoms with van der Waals surface area (Å²) in [5.74, 6) is 0.160. The van der Waals surface area contributed by atoms with Crippen LogP contribution < -0.4 is 0 Å². The van der Waals surface area contributed by atoms with Crippen molar-refractivity contribution in [3.63, 3.8) is 0 Å². The van der Waals surface area contributed by atoms with Crippen LogP contribution in [0, 0.1) is 12.8 Å². The summed E-state index contributed by atoms with van der Waals surface area (Å²) in [6.45, 7) is 4.07. The third-order valence-corrected chi connectivity index (χ3v) is 6.30. The van der Waals surface area contributed by atoms with Gasteiger partial charge in [-0.25, -0.2) is 0 Å². The Morgan fingerprint density at radius 1 is 1.24 bits per heavy atom. The molecule has 0 radical (unpaired) electrons. The highest BCUT2D eigenvalue weighted by Gasteiger charge is 2.46. The topological polar surface area (TPSA) is 36.4 Å². The van der Waals surface area contributed by atoms with Gasteiger partial charge in [-0.15, -0.1) is 0 Å². The van der Waals surface area contributed by atoms with Crippen LogP contribution in [0.4, 0.5) is 0 Å². The van der Waals surface area contributed by atoms with E-state index in [4.69, 9.17) is 16.6 Å². The summed E-state index contributed by atoms with van der Waals surface area (Å²) in [5.41, 5.74) is 4.14. The number of rotatable bonds is 1. The van der Waals surface area contributed by atoms with Crippen LogP contribution >= 0.6 is 11.6 Å². The molecule has 1 atom stereocenters. The second-order valence-corrected chi connectivity index (χ2v) is 8.04. The van der Waals surface area contributed by atoms with Gasteiger partial charge >= 0.3 is 0 Å². The molecule has 0 saturated carbocycles. The largest absolute Gasteiger partial charge is 0.378 e. The molecule has 1 saturated heterocycles. The molecule has 1 aromatic carbocycles. The third-order valence-electron chi connectivity index (χ3n) is 5.95. The normalized spacial score (nSPS) is 24.5. The van der Waals surface area contributed by atoms with Crippen molar-refractivity contribution in [2.24, 2.45) is 5.92 Å². The maximum Gasteiger partial charge on any atom is 0.135 e. The van der Waals surface area contributed by atoms with E-state index in [0.717, 1.165) is 71.7 Å². The number of hydrogen-bond acceptors (Lipinski definition) is 3. The van der Waals surface area contributed by atoms with Gasteiger partial charge < -0.3 is 10.0 Å².